The van der Waals surface area contributed by atoms with Crippen LogP contribution in [0.25, 0.3) is 0 Å². The number of esters is 2. The smallest absolute Gasteiger partial charge is 0.340 e. The molecule has 0 spiro atoms. The van der Waals surface area contributed by atoms with Crippen molar-refractivity contribution in [3.63, 3.8) is 0 Å². The molecule has 0 saturated heterocycles. The number of benzene rings is 1. The lowest BCUT2D eigenvalue weighted by molar-refractivity contribution is -0.141. The van der Waals surface area contributed by atoms with Gasteiger partial charge < -0.3 is 14.8 Å². The van der Waals surface area contributed by atoms with E-state index in [1.807, 2.05) is 24.3 Å². The van der Waals surface area contributed by atoms with Crippen LogP contribution < -0.4 is 5.32 Å². The van der Waals surface area contributed by atoms with E-state index in [1.54, 1.807) is 13.0 Å². The Balaban J connectivity index is 1.74. The van der Waals surface area contributed by atoms with Gasteiger partial charge in [0.05, 0.1) is 17.9 Å². The molecule has 1 N–H and O–H groups in total. The zero-order valence-corrected chi connectivity index (χ0v) is 19.8. The van der Waals surface area contributed by atoms with Gasteiger partial charge in [0.1, 0.15) is 12.6 Å². The molecule has 0 radical (unpaired) electrons. The van der Waals surface area contributed by atoms with E-state index in [0.717, 1.165) is 49.2 Å². The highest BCUT2D eigenvalue weighted by Crippen LogP contribution is 2.35. The van der Waals surface area contributed by atoms with E-state index in [4.69, 9.17) is 9.47 Å². The number of nitrogens with one attached hydrogen (secondary N) is 1. The fourth-order valence-electron chi connectivity index (χ4n) is 4.57. The third-order valence-electron chi connectivity index (χ3n) is 5.99. The first-order chi connectivity index (χ1) is 15.3. The van der Waals surface area contributed by atoms with Crippen molar-refractivity contribution in [2.75, 3.05) is 18.5 Å². The highest BCUT2D eigenvalue weighted by molar-refractivity contribution is 5.99. The quantitative estimate of drug-likeness (QED) is 0.563. The number of rotatable bonds is 7. The molecule has 0 heterocycles. The predicted octanol–water partition coefficient (Wildman–Crippen LogP) is 5.54. The summed E-state index contributed by atoms with van der Waals surface area (Å²) in [7, 11) is 0. The number of anilines is 1. The maximum atomic E-state index is 13.0. The van der Waals surface area contributed by atoms with E-state index in [2.05, 4.69) is 31.1 Å². The molecule has 1 fully saturated rings. The van der Waals surface area contributed by atoms with Crippen LogP contribution in [-0.4, -0.2) is 36.9 Å². The number of aliphatic imine (C=N–C) groups is 1. The molecule has 1 aromatic rings. The number of carbonyl (C=O) groups excluding carboxylic acids is 2. The average molecular weight is 441 g/mol. The average Bonchev–Trinajstić information content (AvgIpc) is 2.72. The number of carbonyl (C=O) groups is 2. The van der Waals surface area contributed by atoms with Crippen LogP contribution in [-0.2, 0) is 14.3 Å². The Morgan fingerprint density at radius 1 is 1.19 bits per heavy atom. The Labute approximate surface area is 191 Å². The maximum absolute atomic E-state index is 13.0. The van der Waals surface area contributed by atoms with E-state index in [0.29, 0.717) is 18.1 Å². The Kier molecular flexibility index (Phi) is 8.10. The van der Waals surface area contributed by atoms with Crippen LogP contribution in [0, 0.1) is 11.3 Å². The Hall–Kier alpha value is -2.63. The molecule has 2 aliphatic carbocycles. The van der Waals surface area contributed by atoms with E-state index >= 15 is 0 Å². The first-order valence-electron chi connectivity index (χ1n) is 11.7. The van der Waals surface area contributed by atoms with Gasteiger partial charge in [-0.1, -0.05) is 39.3 Å². The fourth-order valence-corrected chi connectivity index (χ4v) is 4.57. The van der Waals surface area contributed by atoms with Gasteiger partial charge in [0.25, 0.3) is 0 Å². The van der Waals surface area contributed by atoms with Crippen molar-refractivity contribution in [3.8, 4) is 0 Å². The molecular weight excluding hydrogens is 404 g/mol. The lowest BCUT2D eigenvalue weighted by atomic mass is 9.78. The second-order valence-corrected chi connectivity index (χ2v) is 9.77. The molecule has 1 unspecified atom stereocenters. The van der Waals surface area contributed by atoms with Crippen LogP contribution in [0.2, 0.25) is 0 Å². The topological polar surface area (TPSA) is 77.0 Å². The van der Waals surface area contributed by atoms with Gasteiger partial charge in [-0.15, -0.1) is 0 Å². The molecule has 0 bridgehead atoms. The molecule has 1 saturated carbocycles. The summed E-state index contributed by atoms with van der Waals surface area (Å²) in [6, 6.07) is 7.47. The van der Waals surface area contributed by atoms with Crippen LogP contribution in [0.1, 0.15) is 76.6 Å². The summed E-state index contributed by atoms with van der Waals surface area (Å²) in [6.45, 7) is 8.72. The van der Waals surface area contributed by atoms with Gasteiger partial charge in [-0.05, 0) is 68.6 Å². The molecule has 2 atom stereocenters. The number of hydrogen-bond donors (Lipinski definition) is 1. The number of ether oxygens (including phenoxy) is 2. The van der Waals surface area contributed by atoms with Crippen molar-refractivity contribution in [1.82, 2.24) is 0 Å². The number of hydrogen-bond acceptors (Lipinski definition) is 6. The fraction of sp³-hybridized carbons (Fsp3) is 0.577. The van der Waals surface area contributed by atoms with Crippen molar-refractivity contribution < 1.29 is 19.1 Å². The Morgan fingerprint density at radius 3 is 2.72 bits per heavy atom. The molecule has 0 aliphatic heterocycles. The second-order valence-electron chi connectivity index (χ2n) is 9.77. The van der Waals surface area contributed by atoms with E-state index in [-0.39, 0.29) is 30.0 Å². The summed E-state index contributed by atoms with van der Waals surface area (Å²) in [5.74, 6) is -0.00709. The summed E-state index contributed by atoms with van der Waals surface area (Å²) < 4.78 is 10.8. The molecule has 32 heavy (non-hydrogen) atoms. The van der Waals surface area contributed by atoms with E-state index in [1.165, 1.54) is 6.42 Å². The van der Waals surface area contributed by atoms with E-state index in [9.17, 15) is 9.59 Å². The second kappa shape index (κ2) is 10.8. The SMILES string of the molecule is CCOC(=O)CN=C1C=C(Nc2ccccc2C(=O)OC2CCC[C@H](C)C2)CC(C)(C)C1. The van der Waals surface area contributed by atoms with Gasteiger partial charge in [0, 0.05) is 11.4 Å². The Bertz CT molecular complexity index is 888. The van der Waals surface area contributed by atoms with Crippen LogP contribution in [0.3, 0.4) is 0 Å². The zero-order chi connectivity index (χ0) is 23.1. The lowest BCUT2D eigenvalue weighted by Crippen LogP contribution is -2.26. The third kappa shape index (κ3) is 6.94. The molecule has 6 heteroatoms. The largest absolute Gasteiger partial charge is 0.465 e. The summed E-state index contributed by atoms with van der Waals surface area (Å²) >= 11 is 0. The molecule has 0 aromatic heterocycles. The van der Waals surface area contributed by atoms with Gasteiger partial charge in [0.15, 0.2) is 0 Å². The first-order valence-corrected chi connectivity index (χ1v) is 11.7. The minimum atomic E-state index is -0.323. The number of nitrogens with zero attached hydrogens (tertiary/aromatic N) is 1. The van der Waals surface area contributed by atoms with Crippen LogP contribution in [0.5, 0.6) is 0 Å². The van der Waals surface area contributed by atoms with Gasteiger partial charge in [-0.2, -0.15) is 0 Å². The molecular formula is C26H36N2O4. The molecule has 174 valence electrons. The van der Waals surface area contributed by atoms with E-state index < -0.39 is 0 Å². The minimum Gasteiger partial charge on any atom is -0.465 e. The van der Waals surface area contributed by atoms with Gasteiger partial charge in [-0.25, -0.2) is 4.79 Å². The zero-order valence-electron chi connectivity index (χ0n) is 19.8. The van der Waals surface area contributed by atoms with Crippen LogP contribution in [0.4, 0.5) is 5.69 Å². The highest BCUT2D eigenvalue weighted by Gasteiger charge is 2.28. The van der Waals surface area contributed by atoms with Crippen molar-refractivity contribution >= 4 is 23.3 Å². The third-order valence-corrected chi connectivity index (χ3v) is 5.99. The standard InChI is InChI=1S/C26H36N2O4/c1-5-31-24(29)17-27-19-14-20(16-26(3,4)15-19)28-23-12-7-6-11-22(23)25(30)32-21-10-8-9-18(2)13-21/h6-7,11-12,14,18,21,28H,5,8-10,13,15-17H2,1-4H3/t18-,21?/m0/s1. The maximum Gasteiger partial charge on any atom is 0.340 e. The summed E-state index contributed by atoms with van der Waals surface area (Å²) in [5, 5.41) is 3.44. The van der Waals surface area contributed by atoms with Crippen molar-refractivity contribution in [2.24, 2.45) is 16.3 Å². The molecule has 6 nitrogen and oxygen atoms in total. The highest BCUT2D eigenvalue weighted by atomic mass is 16.5. The predicted molar refractivity (Wildman–Crippen MR) is 127 cm³/mol. The van der Waals surface area contributed by atoms with Gasteiger partial charge >= 0.3 is 11.9 Å². The Morgan fingerprint density at radius 2 is 1.97 bits per heavy atom. The first kappa shape index (κ1) is 24.0. The summed E-state index contributed by atoms with van der Waals surface area (Å²) in [6.07, 6.45) is 7.75. The van der Waals surface area contributed by atoms with Crippen molar-refractivity contribution in [2.45, 2.75) is 72.3 Å². The van der Waals surface area contributed by atoms with Crippen molar-refractivity contribution in [3.05, 3.63) is 41.6 Å². The number of para-hydroxylation sites is 1. The molecule has 2 aliphatic rings. The summed E-state index contributed by atoms with van der Waals surface area (Å²) in [5.41, 5.74) is 3.08. The summed E-state index contributed by atoms with van der Waals surface area (Å²) in [4.78, 5) is 29.1. The molecule has 3 rings (SSSR count). The lowest BCUT2D eigenvalue weighted by Gasteiger charge is -2.31. The minimum absolute atomic E-state index is 0.00579. The van der Waals surface area contributed by atoms with Gasteiger partial charge in [0.2, 0.25) is 0 Å². The van der Waals surface area contributed by atoms with Crippen LogP contribution in [0.15, 0.2) is 41.0 Å². The monoisotopic (exact) mass is 440 g/mol. The van der Waals surface area contributed by atoms with Crippen LogP contribution >= 0.6 is 0 Å². The normalized spacial score (nSPS) is 23.9. The van der Waals surface area contributed by atoms with Gasteiger partial charge in [-0.3, -0.25) is 9.79 Å². The molecule has 1 aromatic carbocycles. The number of allylic oxidation sites excluding steroid dienone is 2. The molecule has 0 amide bonds. The van der Waals surface area contributed by atoms with Crippen molar-refractivity contribution in [1.29, 1.82) is 0 Å².